The number of likely N-dealkylation sites (tertiary alicyclic amines) is 2. The highest BCUT2D eigenvalue weighted by atomic mass is 35.5. The van der Waals surface area contributed by atoms with Crippen LogP contribution in [0, 0.1) is 0 Å². The maximum Gasteiger partial charge on any atom is 0.419 e. The monoisotopic (exact) mass is 721 g/mol. The number of halogens is 7. The Morgan fingerprint density at radius 3 is 1.06 bits per heavy atom. The largest absolute Gasteiger partial charge is 0.419 e. The van der Waals surface area contributed by atoms with Crippen molar-refractivity contribution in [2.24, 2.45) is 0 Å². The second-order valence-electron chi connectivity index (χ2n) is 12.5. The molecule has 0 aliphatic carbocycles. The molecule has 0 radical (unpaired) electrons. The van der Waals surface area contributed by atoms with Crippen LogP contribution in [-0.2, 0) is 4.79 Å². The Labute approximate surface area is 292 Å². The second kappa shape index (κ2) is 16.1. The zero-order valence-corrected chi connectivity index (χ0v) is 27.6. The fourth-order valence-electron chi connectivity index (χ4n) is 5.91. The lowest BCUT2D eigenvalue weighted by Crippen LogP contribution is -2.69. The number of Topliss-reactive ketones (excluding diaryl/α,β-unsaturated/α-hetero) is 1. The van der Waals surface area contributed by atoms with Gasteiger partial charge in [-0.1, -0.05) is 121 Å². The predicted molar refractivity (Wildman–Crippen MR) is 180 cm³/mol. The fraction of sp³-hybridized carbons (Fsp3) is 0.324. The molecule has 0 aromatic heterocycles. The van der Waals surface area contributed by atoms with Gasteiger partial charge >= 0.3 is 12.4 Å². The summed E-state index contributed by atoms with van der Waals surface area (Å²) in [6.45, 7) is -0.453. The minimum Gasteiger partial charge on any atom is -0.378 e. The average Bonchev–Trinajstić information content (AvgIpc) is 3.04. The van der Waals surface area contributed by atoms with Crippen LogP contribution < -0.4 is 5.32 Å². The van der Waals surface area contributed by atoms with E-state index in [2.05, 4.69) is 34.5 Å². The average molecular weight is 722 g/mol. The number of β-amino-alcohol motifs (C(OH)–C–C–N with tert-alkyl or cyclic N) is 2. The molecule has 6 nitrogen and oxygen atoms in total. The molecule has 3 fully saturated rings. The molecule has 3 heterocycles. The van der Waals surface area contributed by atoms with Crippen LogP contribution in [0.5, 0.6) is 0 Å². The lowest BCUT2D eigenvalue weighted by molar-refractivity contribution is -0.304. The van der Waals surface area contributed by atoms with E-state index >= 15 is 0 Å². The van der Waals surface area contributed by atoms with E-state index in [1.54, 1.807) is 4.90 Å². The molecule has 50 heavy (non-hydrogen) atoms. The van der Waals surface area contributed by atoms with Gasteiger partial charge in [-0.3, -0.25) is 14.6 Å². The Balaban J connectivity index is 0.000000180. The van der Waals surface area contributed by atoms with E-state index in [-0.39, 0.29) is 37.6 Å². The highest BCUT2D eigenvalue weighted by Crippen LogP contribution is 2.43. The van der Waals surface area contributed by atoms with Crippen molar-refractivity contribution in [1.82, 2.24) is 15.1 Å². The van der Waals surface area contributed by atoms with Gasteiger partial charge in [0.05, 0.1) is 25.2 Å². The highest BCUT2D eigenvalue weighted by Gasteiger charge is 2.62. The topological polar surface area (TPSA) is 76.0 Å². The van der Waals surface area contributed by atoms with Gasteiger partial charge in [0.2, 0.25) is 0 Å². The van der Waals surface area contributed by atoms with Crippen molar-refractivity contribution < 1.29 is 41.4 Å². The molecule has 0 unspecified atom stereocenters. The maximum absolute atomic E-state index is 12.8. The first-order chi connectivity index (χ1) is 23.2. The number of aliphatic hydroxyl groups is 2. The van der Waals surface area contributed by atoms with Gasteiger partial charge in [-0.25, -0.2) is 0 Å². The summed E-state index contributed by atoms with van der Waals surface area (Å²) in [6.07, 6.45) is -9.07. The molecule has 3 aliphatic rings. The third-order valence-electron chi connectivity index (χ3n) is 8.77. The number of benzene rings is 4. The lowest BCUT2D eigenvalue weighted by atomic mass is 9.87. The molecule has 4 aromatic carbocycles. The molecular weight excluding hydrogens is 684 g/mol. The third kappa shape index (κ3) is 8.92. The maximum atomic E-state index is 12.8. The number of carbonyl (C=O) groups is 1. The molecule has 3 N–H and O–H groups in total. The number of alkyl halides is 6. The molecule has 268 valence electrons. The minimum atomic E-state index is -4.60. The van der Waals surface area contributed by atoms with Gasteiger partial charge in [0, 0.05) is 26.2 Å². The SMILES string of the molecule is Cl.O=C1CN(C(c2ccccc2)c2ccccc2)C1.OC1(C(F)(F)F)CN(C(c2ccccc2)c2ccccc2)C1.OC1(C(F)(F)F)CNC1. The molecule has 0 spiro atoms. The first-order valence-electron chi connectivity index (χ1n) is 15.7. The normalized spacial score (nSPS) is 18.2. The van der Waals surface area contributed by atoms with Crippen molar-refractivity contribution in [3.8, 4) is 0 Å². The van der Waals surface area contributed by atoms with E-state index in [4.69, 9.17) is 5.11 Å². The zero-order chi connectivity index (χ0) is 35.3. The van der Waals surface area contributed by atoms with Gasteiger partial charge in [0.1, 0.15) is 0 Å². The Hall–Kier alpha value is -3.78. The number of ketones is 1. The first-order valence-corrected chi connectivity index (χ1v) is 15.7. The fourth-order valence-corrected chi connectivity index (χ4v) is 5.91. The zero-order valence-electron chi connectivity index (χ0n) is 26.8. The quantitative estimate of drug-likeness (QED) is 0.202. The van der Waals surface area contributed by atoms with E-state index in [0.717, 1.165) is 11.1 Å². The van der Waals surface area contributed by atoms with E-state index in [1.807, 2.05) is 97.1 Å². The molecule has 3 aliphatic heterocycles. The van der Waals surface area contributed by atoms with E-state index in [9.17, 15) is 36.2 Å². The summed E-state index contributed by atoms with van der Waals surface area (Å²) in [5.41, 5.74) is -0.731. The van der Waals surface area contributed by atoms with Crippen LogP contribution in [0.25, 0.3) is 0 Å². The van der Waals surface area contributed by atoms with Gasteiger partial charge in [-0.15, -0.1) is 12.4 Å². The summed E-state index contributed by atoms with van der Waals surface area (Å²) < 4.78 is 73.3. The summed E-state index contributed by atoms with van der Waals surface area (Å²) in [5.74, 6) is 0.326. The number of hydrogen-bond donors (Lipinski definition) is 3. The van der Waals surface area contributed by atoms with Crippen LogP contribution >= 0.6 is 12.4 Å². The van der Waals surface area contributed by atoms with Crippen molar-refractivity contribution in [2.45, 2.75) is 35.6 Å². The summed E-state index contributed by atoms with van der Waals surface area (Å²) >= 11 is 0. The number of carbonyl (C=O) groups excluding carboxylic acids is 1. The van der Waals surface area contributed by atoms with Crippen LogP contribution in [0.2, 0.25) is 0 Å². The molecule has 3 saturated heterocycles. The van der Waals surface area contributed by atoms with Crippen molar-refractivity contribution in [3.63, 3.8) is 0 Å². The number of nitrogens with zero attached hydrogens (tertiary/aromatic N) is 2. The molecule has 0 amide bonds. The minimum absolute atomic E-state index is 0. The lowest BCUT2D eigenvalue weighted by Gasteiger charge is -2.50. The molecule has 0 atom stereocenters. The van der Waals surface area contributed by atoms with Crippen molar-refractivity contribution in [1.29, 1.82) is 0 Å². The Kier molecular flexibility index (Phi) is 12.5. The highest BCUT2D eigenvalue weighted by molar-refractivity contribution is 5.88. The summed E-state index contributed by atoms with van der Waals surface area (Å²) in [5, 5.41) is 20.6. The van der Waals surface area contributed by atoms with Gasteiger partial charge in [-0.05, 0) is 22.3 Å². The van der Waals surface area contributed by atoms with Gasteiger partial charge in [0.15, 0.2) is 17.0 Å². The second-order valence-corrected chi connectivity index (χ2v) is 12.5. The van der Waals surface area contributed by atoms with E-state index in [0.29, 0.717) is 18.9 Å². The van der Waals surface area contributed by atoms with Crippen molar-refractivity contribution >= 4 is 18.2 Å². The summed E-state index contributed by atoms with van der Waals surface area (Å²) in [4.78, 5) is 15.1. The Morgan fingerprint density at radius 2 is 0.840 bits per heavy atom. The first kappa shape index (κ1) is 39.0. The number of nitrogens with one attached hydrogen (secondary N) is 1. The molecular formula is C37H38ClF6N3O3. The Morgan fingerprint density at radius 1 is 0.540 bits per heavy atom. The Bertz CT molecular complexity index is 1550. The molecule has 0 bridgehead atoms. The van der Waals surface area contributed by atoms with Crippen LogP contribution in [0.15, 0.2) is 121 Å². The standard InChI is InChI=1S/C17H16F3NO.C16H15NO.C4H6F3NO.ClH/c18-17(19,20)16(22)11-21(12-16)15(13-7-3-1-4-8-13)14-9-5-2-6-10-14;18-15-11-17(12-15)16(13-7-3-1-4-8-13)14-9-5-2-6-10-14;5-4(6,7)3(9)1-8-2-3;/h1-10,15,22H,11-12H2;1-10,16H,11-12H2;8-9H,1-2H2;1H. The third-order valence-corrected chi connectivity index (χ3v) is 8.77. The van der Waals surface area contributed by atoms with Gasteiger partial charge in [0.25, 0.3) is 0 Å². The predicted octanol–water partition coefficient (Wildman–Crippen LogP) is 6.35. The van der Waals surface area contributed by atoms with Crippen LogP contribution in [0.3, 0.4) is 0 Å². The molecule has 13 heteroatoms. The van der Waals surface area contributed by atoms with Crippen molar-refractivity contribution in [3.05, 3.63) is 144 Å². The van der Waals surface area contributed by atoms with E-state index in [1.165, 1.54) is 11.1 Å². The summed E-state index contributed by atoms with van der Waals surface area (Å²) in [6, 6.07) is 39.4. The molecule has 7 rings (SSSR count). The number of rotatable bonds is 6. The van der Waals surface area contributed by atoms with Crippen LogP contribution in [-0.4, -0.2) is 88.6 Å². The summed E-state index contributed by atoms with van der Waals surface area (Å²) in [7, 11) is 0. The van der Waals surface area contributed by atoms with E-state index < -0.39 is 36.6 Å². The van der Waals surface area contributed by atoms with Crippen LogP contribution in [0.4, 0.5) is 26.3 Å². The van der Waals surface area contributed by atoms with Crippen molar-refractivity contribution in [2.75, 3.05) is 39.3 Å². The number of hydrogen-bond acceptors (Lipinski definition) is 6. The van der Waals surface area contributed by atoms with Crippen LogP contribution in [0.1, 0.15) is 34.3 Å². The smallest absolute Gasteiger partial charge is 0.378 e. The van der Waals surface area contributed by atoms with Gasteiger partial charge in [-0.2, -0.15) is 26.3 Å². The molecule has 0 saturated carbocycles. The molecule has 4 aromatic rings. The van der Waals surface area contributed by atoms with Gasteiger partial charge < -0.3 is 15.5 Å².